The summed E-state index contributed by atoms with van der Waals surface area (Å²) in [5.74, 6) is 1.01. The van der Waals surface area contributed by atoms with Crippen LogP contribution in [0.5, 0.6) is 11.5 Å². The Bertz CT molecular complexity index is 1010. The molecule has 0 saturated carbocycles. The molecule has 144 valence electrons. The minimum absolute atomic E-state index is 0.0598. The number of amides is 1. The van der Waals surface area contributed by atoms with Crippen molar-refractivity contribution in [2.75, 3.05) is 11.9 Å². The SMILES string of the molecule is CCOc1cc(C2CC(=O)Nc3c2cnn3-c2ccc(CC)cc2)ccc1O. The summed E-state index contributed by atoms with van der Waals surface area (Å²) in [6.45, 7) is 4.44. The van der Waals surface area contributed by atoms with E-state index in [9.17, 15) is 9.90 Å². The van der Waals surface area contributed by atoms with E-state index in [1.165, 1.54) is 5.56 Å². The number of fused-ring (bicyclic) bond motifs is 1. The molecule has 0 radical (unpaired) electrons. The molecule has 6 heteroatoms. The number of rotatable bonds is 5. The van der Waals surface area contributed by atoms with Crippen molar-refractivity contribution in [1.82, 2.24) is 9.78 Å². The molecule has 1 unspecified atom stereocenters. The lowest BCUT2D eigenvalue weighted by atomic mass is 9.87. The number of ether oxygens (including phenoxy) is 1. The van der Waals surface area contributed by atoms with Gasteiger partial charge in [-0.1, -0.05) is 25.1 Å². The Morgan fingerprint density at radius 2 is 2.00 bits per heavy atom. The summed E-state index contributed by atoms with van der Waals surface area (Å²) in [6.07, 6.45) is 3.10. The van der Waals surface area contributed by atoms with E-state index < -0.39 is 0 Å². The molecular formula is C22H23N3O3. The van der Waals surface area contributed by atoms with Gasteiger partial charge in [-0.2, -0.15) is 5.10 Å². The third kappa shape index (κ3) is 3.22. The predicted octanol–water partition coefficient (Wildman–Crippen LogP) is 4.01. The molecule has 1 aliphatic rings. The Kier molecular flexibility index (Phi) is 4.77. The topological polar surface area (TPSA) is 76.4 Å². The maximum atomic E-state index is 12.4. The van der Waals surface area contributed by atoms with E-state index in [0.717, 1.165) is 23.2 Å². The molecule has 2 N–H and O–H groups in total. The quantitative estimate of drug-likeness (QED) is 0.704. The van der Waals surface area contributed by atoms with Crippen molar-refractivity contribution < 1.29 is 14.6 Å². The number of anilines is 1. The lowest BCUT2D eigenvalue weighted by Gasteiger charge is -2.24. The van der Waals surface area contributed by atoms with Gasteiger partial charge in [0, 0.05) is 17.9 Å². The number of aryl methyl sites for hydroxylation is 1. The van der Waals surface area contributed by atoms with E-state index in [-0.39, 0.29) is 17.6 Å². The number of hydrogen-bond donors (Lipinski definition) is 2. The minimum Gasteiger partial charge on any atom is -0.504 e. The lowest BCUT2D eigenvalue weighted by Crippen LogP contribution is -2.24. The predicted molar refractivity (Wildman–Crippen MR) is 107 cm³/mol. The standard InChI is InChI=1S/C22H23N3O3/c1-3-14-5-8-16(9-6-14)25-22-18(13-23-25)17(12-21(27)24-22)15-7-10-19(26)20(11-15)28-4-2/h5-11,13,17,26H,3-4,12H2,1-2H3,(H,24,27). The Morgan fingerprint density at radius 3 is 2.71 bits per heavy atom. The lowest BCUT2D eigenvalue weighted by molar-refractivity contribution is -0.116. The van der Waals surface area contributed by atoms with E-state index in [1.54, 1.807) is 23.0 Å². The third-order valence-electron chi connectivity index (χ3n) is 5.10. The Labute approximate surface area is 163 Å². The minimum atomic E-state index is -0.146. The van der Waals surface area contributed by atoms with Crippen LogP contribution in [0.2, 0.25) is 0 Å². The third-order valence-corrected chi connectivity index (χ3v) is 5.10. The van der Waals surface area contributed by atoms with Gasteiger partial charge < -0.3 is 15.2 Å². The van der Waals surface area contributed by atoms with Gasteiger partial charge >= 0.3 is 0 Å². The Hall–Kier alpha value is -3.28. The normalized spacial score (nSPS) is 15.8. The average Bonchev–Trinajstić information content (AvgIpc) is 3.13. The molecule has 1 aromatic heterocycles. The van der Waals surface area contributed by atoms with Crippen molar-refractivity contribution in [3.63, 3.8) is 0 Å². The zero-order valence-corrected chi connectivity index (χ0v) is 16.0. The van der Waals surface area contributed by atoms with E-state index in [4.69, 9.17) is 4.74 Å². The fourth-order valence-electron chi connectivity index (χ4n) is 3.60. The number of nitrogens with zero attached hydrogens (tertiary/aromatic N) is 2. The second kappa shape index (κ2) is 7.38. The van der Waals surface area contributed by atoms with Gasteiger partial charge in [0.15, 0.2) is 11.5 Å². The summed E-state index contributed by atoms with van der Waals surface area (Å²) in [6, 6.07) is 13.4. The van der Waals surface area contributed by atoms with Gasteiger partial charge in [0.2, 0.25) is 5.91 Å². The van der Waals surface area contributed by atoms with Crippen molar-refractivity contribution in [3.05, 3.63) is 65.4 Å². The van der Waals surface area contributed by atoms with E-state index in [1.807, 2.05) is 25.1 Å². The summed E-state index contributed by atoms with van der Waals surface area (Å²) in [7, 11) is 0. The van der Waals surface area contributed by atoms with Gasteiger partial charge in [0.1, 0.15) is 5.82 Å². The van der Waals surface area contributed by atoms with Crippen LogP contribution in [0.1, 0.15) is 42.9 Å². The van der Waals surface area contributed by atoms with Gasteiger partial charge in [0.05, 0.1) is 18.5 Å². The van der Waals surface area contributed by atoms with Crippen LogP contribution in [0.4, 0.5) is 5.82 Å². The van der Waals surface area contributed by atoms with Crippen LogP contribution in [0.15, 0.2) is 48.7 Å². The van der Waals surface area contributed by atoms with Crippen molar-refractivity contribution in [3.8, 4) is 17.2 Å². The molecule has 0 bridgehead atoms. The summed E-state index contributed by atoms with van der Waals surface area (Å²) in [5.41, 5.74) is 4.02. The van der Waals surface area contributed by atoms with Crippen LogP contribution in [-0.4, -0.2) is 27.4 Å². The first-order valence-electron chi connectivity index (χ1n) is 9.53. The number of carbonyl (C=O) groups excluding carboxylic acids is 1. The number of nitrogens with one attached hydrogen (secondary N) is 1. The summed E-state index contributed by atoms with van der Waals surface area (Å²) >= 11 is 0. The molecule has 1 atom stereocenters. The van der Waals surface area contributed by atoms with Crippen LogP contribution in [0.25, 0.3) is 5.69 Å². The number of phenolic OH excluding ortho intramolecular Hbond substituents is 1. The van der Waals surface area contributed by atoms with Gasteiger partial charge in [0.25, 0.3) is 0 Å². The second-order valence-electron chi connectivity index (χ2n) is 6.85. The van der Waals surface area contributed by atoms with E-state index in [2.05, 4.69) is 29.5 Å². The molecule has 6 nitrogen and oxygen atoms in total. The number of phenols is 1. The highest BCUT2D eigenvalue weighted by Gasteiger charge is 2.30. The van der Waals surface area contributed by atoms with E-state index in [0.29, 0.717) is 24.6 Å². The average molecular weight is 377 g/mol. The molecule has 2 heterocycles. The van der Waals surface area contributed by atoms with Crippen LogP contribution in [0, 0.1) is 0 Å². The molecule has 28 heavy (non-hydrogen) atoms. The van der Waals surface area contributed by atoms with Crippen LogP contribution in [-0.2, 0) is 11.2 Å². The maximum Gasteiger partial charge on any atom is 0.226 e. The highest BCUT2D eigenvalue weighted by atomic mass is 16.5. The molecule has 0 fully saturated rings. The van der Waals surface area contributed by atoms with Gasteiger partial charge in [-0.25, -0.2) is 4.68 Å². The largest absolute Gasteiger partial charge is 0.504 e. The van der Waals surface area contributed by atoms with Crippen molar-refractivity contribution in [1.29, 1.82) is 0 Å². The zero-order chi connectivity index (χ0) is 19.7. The first-order chi connectivity index (χ1) is 13.6. The molecule has 3 aromatic rings. The van der Waals surface area contributed by atoms with Gasteiger partial charge in [-0.15, -0.1) is 0 Å². The van der Waals surface area contributed by atoms with Crippen LogP contribution < -0.4 is 10.1 Å². The first kappa shape index (κ1) is 18.1. The van der Waals surface area contributed by atoms with Crippen molar-refractivity contribution >= 4 is 11.7 Å². The smallest absolute Gasteiger partial charge is 0.226 e. The molecule has 0 saturated heterocycles. The molecule has 0 spiro atoms. The molecule has 1 amide bonds. The number of carbonyl (C=O) groups is 1. The number of aromatic hydroxyl groups is 1. The number of benzene rings is 2. The van der Waals surface area contributed by atoms with Gasteiger partial charge in [-0.3, -0.25) is 4.79 Å². The number of hydrogen-bond acceptors (Lipinski definition) is 4. The summed E-state index contributed by atoms with van der Waals surface area (Å²) < 4.78 is 7.27. The Morgan fingerprint density at radius 1 is 1.21 bits per heavy atom. The molecule has 0 aliphatic carbocycles. The van der Waals surface area contributed by atoms with Crippen LogP contribution in [0.3, 0.4) is 0 Å². The van der Waals surface area contributed by atoms with Crippen LogP contribution >= 0.6 is 0 Å². The highest BCUT2D eigenvalue weighted by Crippen LogP contribution is 2.40. The number of aromatic nitrogens is 2. The summed E-state index contributed by atoms with van der Waals surface area (Å²) in [4.78, 5) is 12.4. The molecular weight excluding hydrogens is 354 g/mol. The van der Waals surface area contributed by atoms with Crippen molar-refractivity contribution in [2.24, 2.45) is 0 Å². The Balaban J connectivity index is 1.75. The van der Waals surface area contributed by atoms with Gasteiger partial charge in [-0.05, 0) is 48.7 Å². The second-order valence-corrected chi connectivity index (χ2v) is 6.85. The fraction of sp³-hybridized carbons (Fsp3) is 0.273. The summed E-state index contributed by atoms with van der Waals surface area (Å²) in [5, 5.41) is 17.5. The van der Waals surface area contributed by atoms with Crippen molar-refractivity contribution in [2.45, 2.75) is 32.6 Å². The zero-order valence-electron chi connectivity index (χ0n) is 16.0. The molecule has 2 aromatic carbocycles. The fourth-order valence-corrected chi connectivity index (χ4v) is 3.60. The maximum absolute atomic E-state index is 12.4. The van der Waals surface area contributed by atoms with E-state index >= 15 is 0 Å². The molecule has 1 aliphatic heterocycles. The molecule has 4 rings (SSSR count). The highest BCUT2D eigenvalue weighted by molar-refractivity contribution is 5.94. The monoisotopic (exact) mass is 377 g/mol. The first-order valence-corrected chi connectivity index (χ1v) is 9.53.